The quantitative estimate of drug-likeness (QED) is 0.244. The lowest BCUT2D eigenvalue weighted by atomic mass is 9.50. The fourth-order valence-electron chi connectivity index (χ4n) is 8.54. The molecule has 3 fully saturated rings. The Morgan fingerprint density at radius 2 is 1.72 bits per heavy atom. The van der Waals surface area contributed by atoms with Crippen LogP contribution in [-0.2, 0) is 4.43 Å². The first-order valence-electron chi connectivity index (χ1n) is 15.4. The average molecular weight is 511 g/mol. The van der Waals surface area contributed by atoms with E-state index in [4.69, 9.17) is 4.43 Å². The van der Waals surface area contributed by atoms with Crippen LogP contribution in [0, 0.1) is 40.4 Å². The van der Waals surface area contributed by atoms with Crippen LogP contribution in [0.4, 0.5) is 0 Å². The molecule has 0 heterocycles. The number of hydrogen-bond acceptors (Lipinski definition) is 1. The number of hydrogen-bond donors (Lipinski definition) is 0. The van der Waals surface area contributed by atoms with Crippen molar-refractivity contribution in [1.29, 1.82) is 0 Å². The highest BCUT2D eigenvalue weighted by atomic mass is 28.4. The van der Waals surface area contributed by atoms with Gasteiger partial charge in [-0.2, -0.15) is 0 Å². The molecule has 4 rings (SSSR count). The van der Waals surface area contributed by atoms with Crippen molar-refractivity contribution in [2.75, 3.05) is 0 Å². The Hall–Kier alpha value is -0.603. The zero-order chi connectivity index (χ0) is 26.7. The maximum absolute atomic E-state index is 6.92. The van der Waals surface area contributed by atoms with E-state index in [9.17, 15) is 0 Å². The molecular weight excluding hydrogens is 452 g/mol. The fraction of sp³-hybridized carbons (Fsp3) is 0.824. The number of fused-ring (bicyclic) bond motifs is 5. The van der Waals surface area contributed by atoms with E-state index in [2.05, 4.69) is 87.2 Å². The van der Waals surface area contributed by atoms with Crippen molar-refractivity contribution in [2.45, 2.75) is 137 Å². The van der Waals surface area contributed by atoms with Crippen molar-refractivity contribution < 1.29 is 4.43 Å². The first-order chi connectivity index (χ1) is 16.6. The van der Waals surface area contributed by atoms with Gasteiger partial charge in [0.05, 0.1) is 0 Å². The summed E-state index contributed by atoms with van der Waals surface area (Å²) in [5, 5.41) is 0.285. The highest BCUT2D eigenvalue weighted by Crippen LogP contribution is 2.66. The first-order valence-corrected chi connectivity index (χ1v) is 18.3. The van der Waals surface area contributed by atoms with Crippen molar-refractivity contribution in [3.8, 4) is 0 Å². The van der Waals surface area contributed by atoms with Crippen molar-refractivity contribution in [1.82, 2.24) is 0 Å². The average Bonchev–Trinajstić information content (AvgIpc) is 3.13. The third-order valence-corrected chi connectivity index (χ3v) is 16.8. The van der Waals surface area contributed by atoms with E-state index in [1.165, 1.54) is 56.9 Å². The molecule has 0 unspecified atom stereocenters. The van der Waals surface area contributed by atoms with Gasteiger partial charge in [0.1, 0.15) is 0 Å². The first kappa shape index (κ1) is 28.4. The summed E-state index contributed by atoms with van der Waals surface area (Å²) < 4.78 is 6.92. The molecule has 36 heavy (non-hydrogen) atoms. The lowest BCUT2D eigenvalue weighted by Crippen LogP contribution is -2.49. The highest BCUT2D eigenvalue weighted by molar-refractivity contribution is 6.74. The molecule has 0 amide bonds. The highest BCUT2D eigenvalue weighted by Gasteiger charge is 2.57. The minimum Gasteiger partial charge on any atom is -0.414 e. The Morgan fingerprint density at radius 3 is 2.36 bits per heavy atom. The van der Waals surface area contributed by atoms with E-state index in [1.54, 1.807) is 5.57 Å². The monoisotopic (exact) mass is 510 g/mol. The van der Waals surface area contributed by atoms with Crippen LogP contribution in [0.1, 0.15) is 113 Å². The van der Waals surface area contributed by atoms with Crippen molar-refractivity contribution in [3.05, 3.63) is 35.5 Å². The SMILES string of the molecule is C=C(CC[C@@H](C)[C@H]1CC[C@H]2C3=CC=C4C[C@@H](O[Si](C)(C)C(C)(C)C)CC[C@]4(C)[C@H]3CC[C@]12C)C(C)C. The topological polar surface area (TPSA) is 9.23 Å². The van der Waals surface area contributed by atoms with E-state index in [1.807, 2.05) is 5.57 Å². The second kappa shape index (κ2) is 9.85. The molecule has 0 radical (unpaired) electrons. The van der Waals surface area contributed by atoms with Gasteiger partial charge in [-0.3, -0.25) is 0 Å². The molecule has 7 atom stereocenters. The molecule has 4 aliphatic carbocycles. The zero-order valence-corrected chi connectivity index (χ0v) is 26.6. The normalized spacial score (nSPS) is 37.5. The largest absolute Gasteiger partial charge is 0.414 e. The van der Waals surface area contributed by atoms with Gasteiger partial charge in [0.15, 0.2) is 8.32 Å². The van der Waals surface area contributed by atoms with Gasteiger partial charge in [0.25, 0.3) is 0 Å². The Kier molecular flexibility index (Phi) is 7.78. The minimum atomic E-state index is -1.72. The van der Waals surface area contributed by atoms with Crippen LogP contribution in [0.3, 0.4) is 0 Å². The summed E-state index contributed by atoms with van der Waals surface area (Å²) in [7, 11) is -1.72. The predicted molar refractivity (Wildman–Crippen MR) is 160 cm³/mol. The van der Waals surface area contributed by atoms with Gasteiger partial charge in [-0.15, -0.1) is 0 Å². The lowest BCUT2D eigenvalue weighted by molar-refractivity contribution is 0.0346. The van der Waals surface area contributed by atoms with Crippen LogP contribution < -0.4 is 0 Å². The molecule has 2 heteroatoms. The number of allylic oxidation sites excluding steroid dienone is 4. The number of rotatable bonds is 7. The molecule has 204 valence electrons. The molecule has 0 aliphatic heterocycles. The standard InChI is InChI=1S/C34H58OSi/c1-23(2)24(3)12-13-25(4)29-16-17-30-28-15-14-26-22-27(35-36(10,11)32(5,6)7)18-20-33(26,8)31(28)19-21-34(29,30)9/h14-15,23,25,27,29-31H,3,12-13,16-22H2,1-2,4-11H3/t25-,27+,29-,30+,31+,33+,34-/m1/s1. The van der Waals surface area contributed by atoms with E-state index in [-0.39, 0.29) is 5.04 Å². The van der Waals surface area contributed by atoms with E-state index in [0.717, 1.165) is 30.1 Å². The summed E-state index contributed by atoms with van der Waals surface area (Å²) >= 11 is 0. The lowest BCUT2D eigenvalue weighted by Gasteiger charge is -2.56. The van der Waals surface area contributed by atoms with E-state index in [0.29, 0.717) is 22.9 Å². The zero-order valence-electron chi connectivity index (χ0n) is 25.6. The van der Waals surface area contributed by atoms with Crippen molar-refractivity contribution >= 4 is 8.32 Å². The molecule has 0 spiro atoms. The van der Waals surface area contributed by atoms with Crippen LogP contribution in [0.15, 0.2) is 35.5 Å². The molecular formula is C34H58OSi. The second-order valence-electron chi connectivity index (χ2n) is 15.7. The van der Waals surface area contributed by atoms with Crippen LogP contribution >= 0.6 is 0 Å². The summed E-state index contributed by atoms with van der Waals surface area (Å²) in [4.78, 5) is 0. The summed E-state index contributed by atoms with van der Waals surface area (Å²) in [5.74, 6) is 3.86. The molecule has 1 nitrogen and oxygen atoms in total. The van der Waals surface area contributed by atoms with Gasteiger partial charge < -0.3 is 4.43 Å². The predicted octanol–water partition coefficient (Wildman–Crippen LogP) is 10.5. The van der Waals surface area contributed by atoms with Gasteiger partial charge in [0.2, 0.25) is 0 Å². The Labute approximate surface area is 225 Å². The molecule has 4 aliphatic rings. The van der Waals surface area contributed by atoms with Crippen LogP contribution in [-0.4, -0.2) is 14.4 Å². The van der Waals surface area contributed by atoms with Crippen molar-refractivity contribution in [2.24, 2.45) is 40.4 Å². The third kappa shape index (κ3) is 4.92. The molecule has 0 aromatic carbocycles. The van der Waals surface area contributed by atoms with Gasteiger partial charge in [-0.25, -0.2) is 0 Å². The van der Waals surface area contributed by atoms with Gasteiger partial charge in [-0.05, 0) is 116 Å². The molecule has 0 aromatic rings. The van der Waals surface area contributed by atoms with Gasteiger partial charge in [0, 0.05) is 6.10 Å². The maximum Gasteiger partial charge on any atom is 0.192 e. The Morgan fingerprint density at radius 1 is 1.03 bits per heavy atom. The molecule has 0 bridgehead atoms. The summed E-state index contributed by atoms with van der Waals surface area (Å²) in [5.41, 5.74) is 5.83. The van der Waals surface area contributed by atoms with Crippen LogP contribution in [0.25, 0.3) is 0 Å². The fourth-order valence-corrected chi connectivity index (χ4v) is 9.93. The molecule has 0 aromatic heterocycles. The molecule has 0 saturated heterocycles. The van der Waals surface area contributed by atoms with Crippen molar-refractivity contribution in [3.63, 3.8) is 0 Å². The van der Waals surface area contributed by atoms with Crippen LogP contribution in [0.5, 0.6) is 0 Å². The Balaban J connectivity index is 1.50. The maximum atomic E-state index is 6.92. The smallest absolute Gasteiger partial charge is 0.192 e. The summed E-state index contributed by atoms with van der Waals surface area (Å²) in [6.07, 6.45) is 17.5. The summed E-state index contributed by atoms with van der Waals surface area (Å²) in [6, 6.07) is 0. The Bertz CT molecular complexity index is 901. The summed E-state index contributed by atoms with van der Waals surface area (Å²) in [6.45, 7) is 28.8. The van der Waals surface area contributed by atoms with E-state index >= 15 is 0 Å². The third-order valence-electron chi connectivity index (χ3n) is 12.3. The van der Waals surface area contributed by atoms with Gasteiger partial charge >= 0.3 is 0 Å². The molecule has 0 N–H and O–H groups in total. The van der Waals surface area contributed by atoms with E-state index < -0.39 is 8.32 Å². The van der Waals surface area contributed by atoms with Gasteiger partial charge in [-0.1, -0.05) is 90.8 Å². The van der Waals surface area contributed by atoms with Crippen LogP contribution in [0.2, 0.25) is 18.1 Å². The second-order valence-corrected chi connectivity index (χ2v) is 20.4. The molecule has 3 saturated carbocycles. The minimum absolute atomic E-state index is 0.285.